The maximum Gasteiger partial charge on any atom is 0.351 e. The molecule has 0 amide bonds. The van der Waals surface area contributed by atoms with Gasteiger partial charge in [0.2, 0.25) is 0 Å². The van der Waals surface area contributed by atoms with Crippen molar-refractivity contribution < 1.29 is 9.47 Å². The number of ether oxygens (including phenoxy) is 2. The molecule has 1 aromatic rings. The van der Waals surface area contributed by atoms with Crippen molar-refractivity contribution in [1.29, 1.82) is 0 Å². The normalized spacial score (nSPS) is 21.5. The molecule has 22 heavy (non-hydrogen) atoms. The van der Waals surface area contributed by atoms with Crippen LogP contribution < -0.4 is 10.6 Å². The van der Waals surface area contributed by atoms with E-state index in [1.807, 2.05) is 33.8 Å². The van der Waals surface area contributed by atoms with Gasteiger partial charge >= 0.3 is 5.69 Å². The molecule has 0 unspecified atom stereocenters. The summed E-state index contributed by atoms with van der Waals surface area (Å²) in [5.74, 6) is 1.45. The van der Waals surface area contributed by atoms with Gasteiger partial charge in [-0.05, 0) is 33.8 Å². The van der Waals surface area contributed by atoms with Crippen LogP contribution in [0.4, 0.5) is 5.82 Å². The highest BCUT2D eigenvalue weighted by Gasteiger charge is 2.28. The van der Waals surface area contributed by atoms with Crippen molar-refractivity contribution in [3.63, 3.8) is 0 Å². The fraction of sp³-hybridized carbons (Fsp3) is 0.733. The maximum absolute atomic E-state index is 12.2. The minimum absolute atomic E-state index is 0.0261. The molecule has 0 saturated carbocycles. The van der Waals surface area contributed by atoms with Gasteiger partial charge in [-0.1, -0.05) is 0 Å². The Morgan fingerprint density at radius 3 is 2.82 bits per heavy atom. The van der Waals surface area contributed by atoms with Crippen molar-refractivity contribution in [2.75, 3.05) is 30.3 Å². The summed E-state index contributed by atoms with van der Waals surface area (Å²) in [4.78, 5) is 18.5. The van der Waals surface area contributed by atoms with E-state index < -0.39 is 0 Å². The molecule has 0 aliphatic carbocycles. The fourth-order valence-corrected chi connectivity index (χ4v) is 3.29. The van der Waals surface area contributed by atoms with Gasteiger partial charge in [-0.25, -0.2) is 4.79 Å². The van der Waals surface area contributed by atoms with Crippen LogP contribution in [0.2, 0.25) is 0 Å². The van der Waals surface area contributed by atoms with E-state index in [9.17, 15) is 4.79 Å². The van der Waals surface area contributed by atoms with Crippen LogP contribution in [0.15, 0.2) is 17.1 Å². The van der Waals surface area contributed by atoms with E-state index in [4.69, 9.17) is 9.47 Å². The van der Waals surface area contributed by atoms with Crippen LogP contribution in [-0.4, -0.2) is 46.5 Å². The smallest absolute Gasteiger partial charge is 0.351 e. The average molecular weight is 327 g/mol. The quantitative estimate of drug-likeness (QED) is 0.764. The van der Waals surface area contributed by atoms with Gasteiger partial charge in [0.15, 0.2) is 0 Å². The fourth-order valence-electron chi connectivity index (χ4n) is 2.29. The van der Waals surface area contributed by atoms with Gasteiger partial charge in [0.1, 0.15) is 17.5 Å². The second-order valence-electron chi connectivity index (χ2n) is 5.38. The highest BCUT2D eigenvalue weighted by Crippen LogP contribution is 2.31. The summed E-state index contributed by atoms with van der Waals surface area (Å²) >= 11 is 1.67. The molecule has 0 bridgehead atoms. The topological polar surface area (TPSA) is 56.6 Å². The minimum atomic E-state index is -0.267. The molecule has 0 N–H and O–H groups in total. The first kappa shape index (κ1) is 17.3. The van der Waals surface area contributed by atoms with Gasteiger partial charge in [0.05, 0.1) is 12.7 Å². The summed E-state index contributed by atoms with van der Waals surface area (Å²) < 4.78 is 13.0. The van der Waals surface area contributed by atoms with E-state index in [0.29, 0.717) is 6.61 Å². The Morgan fingerprint density at radius 2 is 2.23 bits per heavy atom. The summed E-state index contributed by atoms with van der Waals surface area (Å²) in [5.41, 5.74) is -0.290. The average Bonchev–Trinajstić information content (AvgIpc) is 2.95. The van der Waals surface area contributed by atoms with Crippen LogP contribution in [0.5, 0.6) is 0 Å². The van der Waals surface area contributed by atoms with Gasteiger partial charge in [-0.15, -0.1) is 11.8 Å². The van der Waals surface area contributed by atoms with Gasteiger partial charge in [-0.3, -0.25) is 4.57 Å². The zero-order chi connectivity index (χ0) is 16.1. The van der Waals surface area contributed by atoms with Crippen molar-refractivity contribution in [3.05, 3.63) is 22.7 Å². The van der Waals surface area contributed by atoms with Crippen molar-refractivity contribution in [1.82, 2.24) is 9.55 Å². The summed E-state index contributed by atoms with van der Waals surface area (Å²) in [5, 5.41) is 0. The second kappa shape index (κ2) is 7.99. The number of anilines is 1. The molecule has 2 atom stereocenters. The molecule has 7 heteroatoms. The highest BCUT2D eigenvalue weighted by molar-refractivity contribution is 8.00. The third-order valence-corrected chi connectivity index (χ3v) is 4.61. The van der Waals surface area contributed by atoms with E-state index in [2.05, 4.69) is 9.88 Å². The number of rotatable bonds is 7. The summed E-state index contributed by atoms with van der Waals surface area (Å²) in [6.45, 7) is 10.3. The zero-order valence-corrected chi connectivity index (χ0v) is 14.5. The van der Waals surface area contributed by atoms with Crippen molar-refractivity contribution in [2.45, 2.75) is 45.5 Å². The van der Waals surface area contributed by atoms with Gasteiger partial charge in [-0.2, -0.15) is 4.98 Å². The molecule has 124 valence electrons. The number of hydrogen-bond acceptors (Lipinski definition) is 6. The molecule has 1 aliphatic heterocycles. The van der Waals surface area contributed by atoms with Gasteiger partial charge in [0, 0.05) is 25.0 Å². The SMILES string of the molecule is CCN(CC)c1ccn([C@@H]2CS[C@H](COC(C)C)O2)c(=O)n1. The summed E-state index contributed by atoms with van der Waals surface area (Å²) in [6, 6.07) is 1.88. The monoisotopic (exact) mass is 327 g/mol. The molecule has 0 radical (unpaired) electrons. The lowest BCUT2D eigenvalue weighted by Gasteiger charge is -2.21. The number of nitrogens with zero attached hydrogens (tertiary/aromatic N) is 3. The maximum atomic E-state index is 12.2. The third kappa shape index (κ3) is 4.24. The molecule has 2 rings (SSSR count). The summed E-state index contributed by atoms with van der Waals surface area (Å²) in [6.07, 6.45) is 1.69. The lowest BCUT2D eigenvalue weighted by atomic mass is 10.4. The first-order valence-corrected chi connectivity index (χ1v) is 8.82. The standard InChI is InChI=1S/C15H25N3O3S/c1-5-17(6-2)12-7-8-18(15(19)16-12)13-10-22-14(21-13)9-20-11(3)4/h7-8,11,13-14H,5-6,9-10H2,1-4H3/t13-,14+/m0/s1. The third-order valence-electron chi connectivity index (χ3n) is 3.51. The molecule has 0 aromatic carbocycles. The number of hydrogen-bond donors (Lipinski definition) is 0. The molecule has 0 spiro atoms. The predicted molar refractivity (Wildman–Crippen MR) is 89.5 cm³/mol. The first-order chi connectivity index (χ1) is 10.5. The van der Waals surface area contributed by atoms with Crippen LogP contribution >= 0.6 is 11.8 Å². The van der Waals surface area contributed by atoms with Crippen molar-refractivity contribution in [3.8, 4) is 0 Å². The Hall–Kier alpha value is -1.05. The van der Waals surface area contributed by atoms with Crippen molar-refractivity contribution in [2.24, 2.45) is 0 Å². The molecule has 1 aliphatic rings. The second-order valence-corrected chi connectivity index (χ2v) is 6.58. The van der Waals surface area contributed by atoms with Crippen LogP contribution in [0, 0.1) is 0 Å². The molecule has 2 heterocycles. The lowest BCUT2D eigenvalue weighted by molar-refractivity contribution is -0.0377. The highest BCUT2D eigenvalue weighted by atomic mass is 32.2. The molecular weight excluding hydrogens is 302 g/mol. The Labute approximate surface area is 135 Å². The van der Waals surface area contributed by atoms with E-state index in [0.717, 1.165) is 24.7 Å². The lowest BCUT2D eigenvalue weighted by Crippen LogP contribution is -2.32. The molecule has 1 aromatic heterocycles. The number of thioether (sulfide) groups is 1. The Kier molecular flexibility index (Phi) is 6.28. The molecule has 1 fully saturated rings. The van der Waals surface area contributed by atoms with Gasteiger partial charge < -0.3 is 14.4 Å². The summed E-state index contributed by atoms with van der Waals surface area (Å²) in [7, 11) is 0. The van der Waals surface area contributed by atoms with Crippen molar-refractivity contribution >= 4 is 17.6 Å². The Bertz CT molecular complexity index is 531. The van der Waals surface area contributed by atoms with Crippen LogP contribution in [0.1, 0.15) is 33.9 Å². The van der Waals surface area contributed by atoms with Crippen LogP contribution in [0.25, 0.3) is 0 Å². The molecular formula is C15H25N3O3S. The van der Waals surface area contributed by atoms with Crippen LogP contribution in [-0.2, 0) is 9.47 Å². The van der Waals surface area contributed by atoms with E-state index in [1.54, 1.807) is 22.5 Å². The Morgan fingerprint density at radius 1 is 1.50 bits per heavy atom. The minimum Gasteiger partial charge on any atom is -0.375 e. The van der Waals surface area contributed by atoms with Crippen LogP contribution in [0.3, 0.4) is 0 Å². The van der Waals surface area contributed by atoms with Gasteiger partial charge in [0.25, 0.3) is 0 Å². The molecule has 1 saturated heterocycles. The van der Waals surface area contributed by atoms with E-state index in [-0.39, 0.29) is 23.5 Å². The number of aromatic nitrogens is 2. The predicted octanol–water partition coefficient (Wildman–Crippen LogP) is 2.10. The zero-order valence-electron chi connectivity index (χ0n) is 13.7. The Balaban J connectivity index is 2.03. The van der Waals surface area contributed by atoms with E-state index in [1.165, 1.54) is 0 Å². The first-order valence-electron chi connectivity index (χ1n) is 7.77. The molecule has 6 nitrogen and oxygen atoms in total. The largest absolute Gasteiger partial charge is 0.375 e. The van der Waals surface area contributed by atoms with E-state index >= 15 is 0 Å².